The van der Waals surface area contributed by atoms with Gasteiger partial charge in [0, 0.05) is 5.69 Å². The van der Waals surface area contributed by atoms with Crippen molar-refractivity contribution in [3.8, 4) is 11.5 Å². The minimum atomic E-state index is -3.85. The number of hydrogen-bond acceptors (Lipinski definition) is 6. The monoisotopic (exact) mass is 468 g/mol. The van der Waals surface area contributed by atoms with Crippen LogP contribution in [0.25, 0.3) is 11.0 Å². The van der Waals surface area contributed by atoms with E-state index in [-0.39, 0.29) is 16.5 Å². The molecule has 0 aliphatic heterocycles. The molecule has 34 heavy (non-hydrogen) atoms. The molecule has 4 aromatic carbocycles. The van der Waals surface area contributed by atoms with Crippen LogP contribution in [0.2, 0.25) is 0 Å². The van der Waals surface area contributed by atoms with Crippen LogP contribution in [0.3, 0.4) is 0 Å². The molecule has 0 aliphatic rings. The molecule has 0 unspecified atom stereocenters. The summed E-state index contributed by atoms with van der Waals surface area (Å²) in [5.41, 5.74) is 1.91. The third kappa shape index (κ3) is 4.82. The van der Waals surface area contributed by atoms with E-state index in [0.29, 0.717) is 22.5 Å². The second-order valence-electron chi connectivity index (χ2n) is 7.39. The quantitative estimate of drug-likeness (QED) is 0.306. The van der Waals surface area contributed by atoms with E-state index in [4.69, 9.17) is 4.74 Å². The molecule has 7 nitrogen and oxygen atoms in total. The van der Waals surface area contributed by atoms with Crippen LogP contribution in [-0.4, -0.2) is 18.4 Å². The zero-order chi connectivity index (χ0) is 23.4. The van der Waals surface area contributed by atoms with E-state index < -0.39 is 10.0 Å². The maximum absolute atomic E-state index is 12.9. The van der Waals surface area contributed by atoms with Crippen LogP contribution in [0.1, 0.15) is 0 Å². The summed E-state index contributed by atoms with van der Waals surface area (Å²) in [7, 11) is -3.85. The highest BCUT2D eigenvalue weighted by Crippen LogP contribution is 2.29. The van der Waals surface area contributed by atoms with Gasteiger partial charge in [-0.15, -0.1) is 0 Å². The largest absolute Gasteiger partial charge is 0.457 e. The average molecular weight is 469 g/mol. The van der Waals surface area contributed by atoms with Crippen molar-refractivity contribution in [2.75, 3.05) is 10.0 Å². The number of benzene rings is 4. The Labute approximate surface area is 197 Å². The van der Waals surface area contributed by atoms with Gasteiger partial charge in [0.05, 0.1) is 15.9 Å². The second kappa shape index (κ2) is 9.21. The normalized spacial score (nSPS) is 11.2. The molecule has 0 fully saturated rings. The Morgan fingerprint density at radius 1 is 0.588 bits per heavy atom. The first-order chi connectivity index (χ1) is 16.6. The maximum atomic E-state index is 12.9. The van der Waals surface area contributed by atoms with Crippen LogP contribution >= 0.6 is 0 Å². The van der Waals surface area contributed by atoms with Gasteiger partial charge in [0.1, 0.15) is 11.5 Å². The molecule has 8 heteroatoms. The molecule has 1 heterocycles. The van der Waals surface area contributed by atoms with Crippen LogP contribution in [0, 0.1) is 0 Å². The Hall–Kier alpha value is -4.43. The van der Waals surface area contributed by atoms with Crippen LogP contribution < -0.4 is 14.8 Å². The molecule has 168 valence electrons. The van der Waals surface area contributed by atoms with E-state index in [2.05, 4.69) is 20.0 Å². The molecule has 0 aliphatic carbocycles. The lowest BCUT2D eigenvalue weighted by atomic mass is 10.3. The predicted octanol–water partition coefficient (Wildman–Crippen LogP) is 5.97. The minimum Gasteiger partial charge on any atom is -0.457 e. The van der Waals surface area contributed by atoms with Crippen molar-refractivity contribution in [2.24, 2.45) is 0 Å². The molecule has 2 N–H and O–H groups in total. The van der Waals surface area contributed by atoms with Crippen molar-refractivity contribution < 1.29 is 13.2 Å². The zero-order valence-electron chi connectivity index (χ0n) is 17.9. The van der Waals surface area contributed by atoms with Crippen molar-refractivity contribution >= 4 is 38.4 Å². The lowest BCUT2D eigenvalue weighted by molar-refractivity contribution is 0.483. The number of fused-ring (bicyclic) bond motifs is 1. The first kappa shape index (κ1) is 21.4. The van der Waals surface area contributed by atoms with Crippen LogP contribution in [0.4, 0.5) is 17.3 Å². The van der Waals surface area contributed by atoms with Gasteiger partial charge in [0.2, 0.25) is 0 Å². The lowest BCUT2D eigenvalue weighted by Gasteiger charge is -2.14. The van der Waals surface area contributed by atoms with Crippen molar-refractivity contribution in [1.29, 1.82) is 0 Å². The first-order valence-electron chi connectivity index (χ1n) is 10.5. The molecular weight excluding hydrogens is 448 g/mol. The molecule has 0 atom stereocenters. The number of sulfonamides is 1. The highest BCUT2D eigenvalue weighted by atomic mass is 32.2. The van der Waals surface area contributed by atoms with E-state index in [1.807, 2.05) is 72.8 Å². The summed E-state index contributed by atoms with van der Waals surface area (Å²) >= 11 is 0. The van der Waals surface area contributed by atoms with E-state index in [9.17, 15) is 8.42 Å². The SMILES string of the molecule is O=S(=O)(Nc1nc2ccccc2nc1Nc1ccc(Oc2ccccc2)cc1)c1ccccc1. The molecule has 0 saturated carbocycles. The third-order valence-electron chi connectivity index (χ3n) is 4.95. The Bertz CT molecular complexity index is 1530. The molecule has 0 bridgehead atoms. The number of anilines is 3. The maximum Gasteiger partial charge on any atom is 0.263 e. The van der Waals surface area contributed by atoms with E-state index in [1.54, 1.807) is 24.3 Å². The van der Waals surface area contributed by atoms with Crippen molar-refractivity contribution in [3.63, 3.8) is 0 Å². The molecule has 5 aromatic rings. The number of rotatable bonds is 7. The van der Waals surface area contributed by atoms with Gasteiger partial charge in [-0.2, -0.15) is 0 Å². The number of para-hydroxylation sites is 3. The molecule has 5 rings (SSSR count). The minimum absolute atomic E-state index is 0.104. The molecule has 0 saturated heterocycles. The van der Waals surface area contributed by atoms with Crippen LogP contribution in [-0.2, 0) is 10.0 Å². The standard InChI is InChI=1S/C26H20N4O3S/c31-34(32,22-11-5-2-6-12-22)30-26-25(28-23-13-7-8-14-24(23)29-26)27-19-15-17-21(18-16-19)33-20-9-3-1-4-10-20/h1-18H,(H,27,28)(H,29,30). The van der Waals surface area contributed by atoms with Gasteiger partial charge in [0.15, 0.2) is 11.6 Å². The molecular formula is C26H20N4O3S. The summed E-state index contributed by atoms with van der Waals surface area (Å²) < 4.78 is 34.3. The zero-order valence-corrected chi connectivity index (χ0v) is 18.7. The van der Waals surface area contributed by atoms with Crippen molar-refractivity contribution in [1.82, 2.24) is 9.97 Å². The fourth-order valence-corrected chi connectivity index (χ4v) is 4.34. The van der Waals surface area contributed by atoms with Crippen molar-refractivity contribution in [3.05, 3.63) is 109 Å². The summed E-state index contributed by atoms with van der Waals surface area (Å²) in [5.74, 6) is 1.80. The van der Waals surface area contributed by atoms with Gasteiger partial charge in [-0.1, -0.05) is 48.5 Å². The molecule has 0 spiro atoms. The Kier molecular flexibility index (Phi) is 5.80. The van der Waals surface area contributed by atoms with Gasteiger partial charge in [-0.3, -0.25) is 4.72 Å². The van der Waals surface area contributed by atoms with Gasteiger partial charge in [-0.05, 0) is 60.7 Å². The second-order valence-corrected chi connectivity index (χ2v) is 9.07. The van der Waals surface area contributed by atoms with E-state index in [0.717, 1.165) is 5.75 Å². The summed E-state index contributed by atoms with van der Waals surface area (Å²) in [6, 6.07) is 32.2. The Morgan fingerprint density at radius 2 is 1.12 bits per heavy atom. The highest BCUT2D eigenvalue weighted by Gasteiger charge is 2.18. The van der Waals surface area contributed by atoms with Gasteiger partial charge in [0.25, 0.3) is 10.0 Å². The summed E-state index contributed by atoms with van der Waals surface area (Å²) in [5, 5.41) is 3.17. The fraction of sp³-hybridized carbons (Fsp3) is 0. The number of nitrogens with zero attached hydrogens (tertiary/aromatic N) is 2. The Balaban J connectivity index is 1.45. The molecule has 1 aromatic heterocycles. The molecule has 0 radical (unpaired) electrons. The lowest BCUT2D eigenvalue weighted by Crippen LogP contribution is -2.16. The first-order valence-corrected chi connectivity index (χ1v) is 12.0. The molecule has 0 amide bonds. The van der Waals surface area contributed by atoms with E-state index >= 15 is 0 Å². The number of nitrogens with one attached hydrogen (secondary N) is 2. The van der Waals surface area contributed by atoms with Crippen molar-refractivity contribution in [2.45, 2.75) is 4.90 Å². The summed E-state index contributed by atoms with van der Waals surface area (Å²) in [6.45, 7) is 0. The highest BCUT2D eigenvalue weighted by molar-refractivity contribution is 7.92. The van der Waals surface area contributed by atoms with Crippen LogP contribution in [0.5, 0.6) is 11.5 Å². The number of hydrogen-bond donors (Lipinski definition) is 2. The number of aromatic nitrogens is 2. The summed E-state index contributed by atoms with van der Waals surface area (Å²) in [6.07, 6.45) is 0. The Morgan fingerprint density at radius 3 is 1.76 bits per heavy atom. The average Bonchev–Trinajstić information content (AvgIpc) is 2.86. The fourth-order valence-electron chi connectivity index (χ4n) is 3.31. The van der Waals surface area contributed by atoms with Gasteiger partial charge < -0.3 is 10.1 Å². The topological polar surface area (TPSA) is 93.2 Å². The number of ether oxygens (including phenoxy) is 1. The van der Waals surface area contributed by atoms with Crippen LogP contribution in [0.15, 0.2) is 114 Å². The smallest absolute Gasteiger partial charge is 0.263 e. The summed E-state index contributed by atoms with van der Waals surface area (Å²) in [4.78, 5) is 9.26. The van der Waals surface area contributed by atoms with Gasteiger partial charge in [-0.25, -0.2) is 18.4 Å². The van der Waals surface area contributed by atoms with E-state index in [1.165, 1.54) is 12.1 Å². The third-order valence-corrected chi connectivity index (χ3v) is 6.31. The predicted molar refractivity (Wildman–Crippen MR) is 133 cm³/mol. The van der Waals surface area contributed by atoms with Gasteiger partial charge >= 0.3 is 0 Å².